The molecule has 1 amide bonds. The maximum Gasteiger partial charge on any atom is 0.289 e. The fourth-order valence-corrected chi connectivity index (χ4v) is 4.33. The van der Waals surface area contributed by atoms with Crippen LogP contribution in [-0.4, -0.2) is 38.0 Å². The van der Waals surface area contributed by atoms with Crippen LogP contribution in [0, 0.1) is 0 Å². The number of primary amides is 1. The minimum atomic E-state index is -0.927. The van der Waals surface area contributed by atoms with E-state index in [2.05, 4.69) is 48.3 Å². The molecule has 1 atom stereocenters. The highest BCUT2D eigenvalue weighted by molar-refractivity contribution is 6.42. The molecule has 2 aliphatic rings. The fourth-order valence-electron chi connectivity index (χ4n) is 4.33. The first-order chi connectivity index (χ1) is 13.8. The average molecular weight is 393 g/mol. The summed E-state index contributed by atoms with van der Waals surface area (Å²) in [5, 5.41) is 3.62. The number of rotatable bonds is 4. The second kappa shape index (κ2) is 7.52. The highest BCUT2D eigenvalue weighted by Crippen LogP contribution is 2.44. The first-order valence-electron chi connectivity index (χ1n) is 10.0. The van der Waals surface area contributed by atoms with E-state index < -0.39 is 11.7 Å². The number of Topliss-reactive ketones (excluding diaryl/α,β-unsaturated/α-hetero) is 1. The lowest BCUT2D eigenvalue weighted by Gasteiger charge is -2.39. The molecule has 29 heavy (non-hydrogen) atoms. The summed E-state index contributed by atoms with van der Waals surface area (Å²) in [6.07, 6.45) is 0.876. The predicted molar refractivity (Wildman–Crippen MR) is 113 cm³/mol. The fraction of sp³-hybridized carbons (Fsp3) is 0.391. The van der Waals surface area contributed by atoms with Gasteiger partial charge >= 0.3 is 0 Å². The molecule has 0 spiro atoms. The van der Waals surface area contributed by atoms with Crippen LogP contribution in [0.3, 0.4) is 0 Å². The van der Waals surface area contributed by atoms with E-state index in [-0.39, 0.29) is 11.5 Å². The number of nitrogens with two attached hydrogens (primary N) is 1. The molecule has 2 heterocycles. The van der Waals surface area contributed by atoms with Crippen LogP contribution >= 0.6 is 0 Å². The number of carbonyl (C=O) groups is 2. The summed E-state index contributed by atoms with van der Waals surface area (Å²) < 4.78 is 5.47. The number of ketones is 1. The van der Waals surface area contributed by atoms with E-state index in [9.17, 15) is 9.59 Å². The molecule has 0 saturated carbocycles. The third-order valence-corrected chi connectivity index (χ3v) is 5.93. The Hall–Kier alpha value is -2.86. The predicted octanol–water partition coefficient (Wildman–Crippen LogP) is 3.03. The SMILES string of the molecule is CC1(C)CC(c2cccc(N3CCOCC3)c2)Nc2ccc(C(=O)C(N)=O)cc21. The molecule has 1 unspecified atom stereocenters. The number of amides is 1. The summed E-state index contributed by atoms with van der Waals surface area (Å²) >= 11 is 0. The molecule has 0 bridgehead atoms. The third kappa shape index (κ3) is 3.85. The molecular formula is C23H27N3O3. The van der Waals surface area contributed by atoms with E-state index in [0.29, 0.717) is 5.56 Å². The standard InChI is InChI=1S/C23H27N3O3/c1-23(2)14-20(15-4-3-5-17(12-15)26-8-10-29-11-9-26)25-19-7-6-16(13-18(19)23)21(27)22(24)28/h3-7,12-13,20,25H,8-11,14H2,1-2H3,(H2,24,28). The van der Waals surface area contributed by atoms with Crippen LogP contribution in [0.2, 0.25) is 0 Å². The highest BCUT2D eigenvalue weighted by atomic mass is 16.5. The number of hydrogen-bond acceptors (Lipinski definition) is 5. The van der Waals surface area contributed by atoms with Gasteiger partial charge in [0, 0.05) is 30.0 Å². The zero-order chi connectivity index (χ0) is 20.6. The largest absolute Gasteiger partial charge is 0.378 e. The molecule has 2 aliphatic heterocycles. The smallest absolute Gasteiger partial charge is 0.289 e. The van der Waals surface area contributed by atoms with Crippen LogP contribution in [0.1, 0.15) is 47.8 Å². The molecule has 1 fully saturated rings. The number of anilines is 2. The summed E-state index contributed by atoms with van der Waals surface area (Å²) in [5.74, 6) is -1.58. The maximum absolute atomic E-state index is 12.0. The molecular weight excluding hydrogens is 366 g/mol. The lowest BCUT2D eigenvalue weighted by molar-refractivity contribution is -0.114. The molecule has 4 rings (SSSR count). The molecule has 6 heteroatoms. The Morgan fingerprint density at radius 1 is 1.14 bits per heavy atom. The van der Waals surface area contributed by atoms with Gasteiger partial charge in [0.05, 0.1) is 19.3 Å². The van der Waals surface area contributed by atoms with E-state index in [1.807, 2.05) is 6.07 Å². The van der Waals surface area contributed by atoms with Crippen molar-refractivity contribution in [1.82, 2.24) is 0 Å². The molecule has 0 aromatic heterocycles. The van der Waals surface area contributed by atoms with E-state index >= 15 is 0 Å². The number of morpholine rings is 1. The van der Waals surface area contributed by atoms with Gasteiger partial charge in [-0.25, -0.2) is 0 Å². The Morgan fingerprint density at radius 2 is 1.90 bits per heavy atom. The van der Waals surface area contributed by atoms with Crippen molar-refractivity contribution < 1.29 is 14.3 Å². The monoisotopic (exact) mass is 393 g/mol. The number of carbonyl (C=O) groups excluding carboxylic acids is 2. The van der Waals surface area contributed by atoms with E-state index in [1.54, 1.807) is 12.1 Å². The van der Waals surface area contributed by atoms with Crippen LogP contribution in [0.4, 0.5) is 11.4 Å². The van der Waals surface area contributed by atoms with E-state index in [0.717, 1.165) is 44.0 Å². The van der Waals surface area contributed by atoms with Gasteiger partial charge in [-0.15, -0.1) is 0 Å². The maximum atomic E-state index is 12.0. The Kier molecular flexibility index (Phi) is 5.04. The number of nitrogens with zero attached hydrogens (tertiary/aromatic N) is 1. The van der Waals surface area contributed by atoms with Crippen molar-refractivity contribution in [2.24, 2.45) is 5.73 Å². The van der Waals surface area contributed by atoms with Gasteiger partial charge in [-0.05, 0) is 53.3 Å². The quantitative estimate of drug-likeness (QED) is 0.616. The van der Waals surface area contributed by atoms with Gasteiger partial charge in [0.1, 0.15) is 0 Å². The summed E-state index contributed by atoms with van der Waals surface area (Å²) in [4.78, 5) is 25.6. The number of ether oxygens (including phenoxy) is 1. The number of hydrogen-bond donors (Lipinski definition) is 2. The normalized spacial score (nSPS) is 20.5. The lowest BCUT2D eigenvalue weighted by atomic mass is 9.73. The van der Waals surface area contributed by atoms with Crippen molar-refractivity contribution in [2.75, 3.05) is 36.5 Å². The van der Waals surface area contributed by atoms with Crippen LogP contribution in [-0.2, 0) is 14.9 Å². The molecule has 2 aromatic carbocycles. The summed E-state index contributed by atoms with van der Waals surface area (Å²) in [6.45, 7) is 7.68. The van der Waals surface area contributed by atoms with Crippen molar-refractivity contribution in [3.8, 4) is 0 Å². The van der Waals surface area contributed by atoms with Gasteiger partial charge in [-0.3, -0.25) is 9.59 Å². The van der Waals surface area contributed by atoms with Crippen molar-refractivity contribution in [3.63, 3.8) is 0 Å². The van der Waals surface area contributed by atoms with Crippen molar-refractivity contribution in [2.45, 2.75) is 31.7 Å². The third-order valence-electron chi connectivity index (χ3n) is 5.93. The second-order valence-corrected chi connectivity index (χ2v) is 8.43. The van der Waals surface area contributed by atoms with Crippen LogP contribution in [0.15, 0.2) is 42.5 Å². The van der Waals surface area contributed by atoms with Crippen LogP contribution < -0.4 is 16.0 Å². The molecule has 2 aromatic rings. The van der Waals surface area contributed by atoms with Gasteiger partial charge < -0.3 is 20.7 Å². The zero-order valence-electron chi connectivity index (χ0n) is 16.9. The van der Waals surface area contributed by atoms with Crippen molar-refractivity contribution >= 4 is 23.1 Å². The zero-order valence-corrected chi connectivity index (χ0v) is 16.9. The topological polar surface area (TPSA) is 84.7 Å². The number of benzene rings is 2. The molecule has 0 radical (unpaired) electrons. The van der Waals surface area contributed by atoms with Gasteiger partial charge in [0.25, 0.3) is 5.91 Å². The molecule has 152 valence electrons. The first-order valence-corrected chi connectivity index (χ1v) is 10.0. The Balaban J connectivity index is 1.63. The van der Waals surface area contributed by atoms with Crippen molar-refractivity contribution in [3.05, 3.63) is 59.2 Å². The van der Waals surface area contributed by atoms with Crippen molar-refractivity contribution in [1.29, 1.82) is 0 Å². The minimum absolute atomic E-state index is 0.159. The Bertz CT molecular complexity index is 948. The molecule has 0 aliphatic carbocycles. The van der Waals surface area contributed by atoms with Gasteiger partial charge in [-0.1, -0.05) is 26.0 Å². The van der Waals surface area contributed by atoms with Gasteiger partial charge in [0.15, 0.2) is 0 Å². The number of nitrogens with one attached hydrogen (secondary N) is 1. The molecule has 6 nitrogen and oxygen atoms in total. The highest BCUT2D eigenvalue weighted by Gasteiger charge is 2.34. The number of fused-ring (bicyclic) bond motifs is 1. The lowest BCUT2D eigenvalue weighted by Crippen LogP contribution is -2.36. The van der Waals surface area contributed by atoms with Crippen LogP contribution in [0.25, 0.3) is 0 Å². The minimum Gasteiger partial charge on any atom is -0.378 e. The summed E-state index contributed by atoms with van der Waals surface area (Å²) in [7, 11) is 0. The second-order valence-electron chi connectivity index (χ2n) is 8.43. The Morgan fingerprint density at radius 3 is 2.62 bits per heavy atom. The van der Waals surface area contributed by atoms with Gasteiger partial charge in [-0.2, -0.15) is 0 Å². The van der Waals surface area contributed by atoms with Gasteiger partial charge in [0.2, 0.25) is 5.78 Å². The summed E-state index contributed by atoms with van der Waals surface area (Å²) in [5.41, 5.74) is 9.84. The molecule has 1 saturated heterocycles. The molecule has 3 N–H and O–H groups in total. The van der Waals surface area contributed by atoms with Crippen LogP contribution in [0.5, 0.6) is 0 Å². The first kappa shape index (κ1) is 19.5. The Labute approximate surface area is 171 Å². The van der Waals surface area contributed by atoms with E-state index in [1.165, 1.54) is 11.3 Å². The summed E-state index contributed by atoms with van der Waals surface area (Å²) in [6, 6.07) is 14.2. The average Bonchev–Trinajstić information content (AvgIpc) is 2.73. The van der Waals surface area contributed by atoms with E-state index in [4.69, 9.17) is 10.5 Å².